The largest absolute Gasteiger partial charge is 0.443 e. The number of imide groups is 1. The number of carbonyl (C=O) groups is 2. The van der Waals surface area contributed by atoms with Crippen molar-refractivity contribution < 1.29 is 24.2 Å². The molecule has 0 aliphatic carbocycles. The molecule has 3 rings (SSSR count). The van der Waals surface area contributed by atoms with E-state index in [1.165, 1.54) is 11.8 Å². The average molecular weight is 373 g/mol. The summed E-state index contributed by atoms with van der Waals surface area (Å²) in [6.07, 6.45) is -1.66. The fourth-order valence-electron chi connectivity index (χ4n) is 2.61. The third kappa shape index (κ3) is 4.85. The molecule has 1 unspecified atom stereocenters. The molecule has 1 aliphatic heterocycles. The minimum atomic E-state index is -0.851. The van der Waals surface area contributed by atoms with Gasteiger partial charge in [0.1, 0.15) is 17.6 Å². The van der Waals surface area contributed by atoms with E-state index in [9.17, 15) is 14.7 Å². The zero-order valence-corrected chi connectivity index (χ0v) is 14.7. The van der Waals surface area contributed by atoms with Crippen LogP contribution in [0.1, 0.15) is 16.8 Å². The van der Waals surface area contributed by atoms with Crippen molar-refractivity contribution in [3.05, 3.63) is 66.2 Å². The molecule has 1 heterocycles. The molecule has 0 spiro atoms. The molecule has 1 aliphatic rings. The van der Waals surface area contributed by atoms with Crippen molar-refractivity contribution in [3.63, 3.8) is 0 Å². The van der Waals surface area contributed by atoms with Gasteiger partial charge in [0, 0.05) is 16.9 Å². The van der Waals surface area contributed by atoms with E-state index in [0.29, 0.717) is 12.0 Å². The molecule has 0 radical (unpaired) electrons. The molecule has 0 bridgehead atoms. The topological polar surface area (TPSA) is 84.9 Å². The Kier molecular flexibility index (Phi) is 6.27. The minimum absolute atomic E-state index is 0.239. The Morgan fingerprint density at radius 1 is 1.12 bits per heavy atom. The Bertz CT molecular complexity index is 740. The Morgan fingerprint density at radius 2 is 1.77 bits per heavy atom. The first-order valence-corrected chi connectivity index (χ1v) is 9.08. The molecule has 136 valence electrons. The Hall–Kier alpha value is -2.35. The van der Waals surface area contributed by atoms with E-state index < -0.39 is 24.2 Å². The van der Waals surface area contributed by atoms with E-state index in [0.717, 1.165) is 4.90 Å². The van der Waals surface area contributed by atoms with Crippen LogP contribution >= 0.6 is 11.8 Å². The van der Waals surface area contributed by atoms with Gasteiger partial charge in [-0.05, 0) is 24.3 Å². The first kappa shape index (κ1) is 18.4. The van der Waals surface area contributed by atoms with E-state index in [4.69, 9.17) is 9.47 Å². The highest BCUT2D eigenvalue weighted by molar-refractivity contribution is 7.99. The lowest BCUT2D eigenvalue weighted by Crippen LogP contribution is -2.37. The van der Waals surface area contributed by atoms with Crippen LogP contribution in [0.25, 0.3) is 0 Å². The lowest BCUT2D eigenvalue weighted by atomic mass is 10.2. The van der Waals surface area contributed by atoms with Crippen LogP contribution in [0.4, 0.5) is 4.79 Å². The van der Waals surface area contributed by atoms with Gasteiger partial charge in [-0.2, -0.15) is 0 Å². The van der Waals surface area contributed by atoms with Gasteiger partial charge in [0.2, 0.25) is 0 Å². The number of alkyl carbamates (subject to hydrolysis) is 1. The summed E-state index contributed by atoms with van der Waals surface area (Å²) in [6.45, 7) is -0.267. The SMILES string of the molecule is O=C(NC(=O)c1ccccc1)O[C@H]1CC(Sc2ccccc2)O[C@@H]1CO. The summed E-state index contributed by atoms with van der Waals surface area (Å²) in [7, 11) is 0. The number of nitrogens with one attached hydrogen (secondary N) is 1. The number of aliphatic hydroxyl groups is 1. The quantitative estimate of drug-likeness (QED) is 0.838. The van der Waals surface area contributed by atoms with Gasteiger partial charge in [-0.3, -0.25) is 10.1 Å². The van der Waals surface area contributed by atoms with Crippen molar-refractivity contribution >= 4 is 23.8 Å². The molecule has 7 heteroatoms. The molecule has 1 fully saturated rings. The molecule has 2 aromatic carbocycles. The summed E-state index contributed by atoms with van der Waals surface area (Å²) in [5, 5.41) is 11.7. The maximum absolute atomic E-state index is 12.0. The lowest BCUT2D eigenvalue weighted by molar-refractivity contribution is -0.00996. The Balaban J connectivity index is 1.54. The molecule has 2 N–H and O–H groups in total. The highest BCUT2D eigenvalue weighted by Crippen LogP contribution is 2.34. The van der Waals surface area contributed by atoms with E-state index in [1.54, 1.807) is 30.3 Å². The van der Waals surface area contributed by atoms with Gasteiger partial charge >= 0.3 is 6.09 Å². The molecule has 0 aromatic heterocycles. The third-order valence-corrected chi connectivity index (χ3v) is 4.98. The first-order valence-electron chi connectivity index (χ1n) is 8.20. The van der Waals surface area contributed by atoms with Crippen molar-refractivity contribution in [1.29, 1.82) is 0 Å². The summed E-state index contributed by atoms with van der Waals surface area (Å²) in [4.78, 5) is 25.0. The molecule has 1 saturated heterocycles. The number of carbonyl (C=O) groups excluding carboxylic acids is 2. The van der Waals surface area contributed by atoms with E-state index in [2.05, 4.69) is 5.32 Å². The molecular formula is C19H19NO5S. The van der Waals surface area contributed by atoms with Crippen molar-refractivity contribution in [3.8, 4) is 0 Å². The second-order valence-corrected chi connectivity index (χ2v) is 6.95. The van der Waals surface area contributed by atoms with Crippen LogP contribution in [0.5, 0.6) is 0 Å². The van der Waals surface area contributed by atoms with Gasteiger partial charge in [0.25, 0.3) is 5.91 Å². The summed E-state index contributed by atoms with van der Waals surface area (Å²) < 4.78 is 11.0. The maximum atomic E-state index is 12.0. The smallest absolute Gasteiger partial charge is 0.414 e. The summed E-state index contributed by atoms with van der Waals surface area (Å²) in [5.74, 6) is -0.537. The second-order valence-electron chi connectivity index (χ2n) is 5.72. The van der Waals surface area contributed by atoms with Crippen molar-refractivity contribution in [1.82, 2.24) is 5.32 Å². The predicted octanol–water partition coefficient (Wildman–Crippen LogP) is 2.82. The Labute approximate surface area is 155 Å². The zero-order valence-electron chi connectivity index (χ0n) is 13.9. The normalized spacial score (nSPS) is 22.0. The minimum Gasteiger partial charge on any atom is -0.443 e. The van der Waals surface area contributed by atoms with E-state index >= 15 is 0 Å². The molecule has 26 heavy (non-hydrogen) atoms. The number of aliphatic hydroxyl groups excluding tert-OH is 1. The van der Waals surface area contributed by atoms with Crippen LogP contribution < -0.4 is 5.32 Å². The maximum Gasteiger partial charge on any atom is 0.414 e. The number of hydrogen-bond acceptors (Lipinski definition) is 6. The number of ether oxygens (including phenoxy) is 2. The molecule has 3 atom stereocenters. The van der Waals surface area contributed by atoms with Crippen LogP contribution in [0, 0.1) is 0 Å². The number of thioether (sulfide) groups is 1. The second kappa shape index (κ2) is 8.84. The van der Waals surface area contributed by atoms with Gasteiger partial charge in [0.15, 0.2) is 0 Å². The van der Waals surface area contributed by atoms with Gasteiger partial charge in [-0.1, -0.05) is 48.2 Å². The van der Waals surface area contributed by atoms with Crippen molar-refractivity contribution in [2.75, 3.05) is 6.61 Å². The van der Waals surface area contributed by atoms with Crippen LogP contribution in [0.15, 0.2) is 65.6 Å². The van der Waals surface area contributed by atoms with Crippen LogP contribution in [0.2, 0.25) is 0 Å². The van der Waals surface area contributed by atoms with Crippen molar-refractivity contribution in [2.45, 2.75) is 29.0 Å². The fraction of sp³-hybridized carbons (Fsp3) is 0.263. The summed E-state index contributed by atoms with van der Waals surface area (Å²) >= 11 is 1.50. The van der Waals surface area contributed by atoms with Crippen LogP contribution in [-0.4, -0.2) is 41.4 Å². The van der Waals surface area contributed by atoms with E-state index in [-0.39, 0.29) is 12.0 Å². The molecule has 6 nitrogen and oxygen atoms in total. The predicted molar refractivity (Wildman–Crippen MR) is 96.8 cm³/mol. The van der Waals surface area contributed by atoms with Crippen LogP contribution in [0.3, 0.4) is 0 Å². The van der Waals surface area contributed by atoms with Gasteiger partial charge < -0.3 is 14.6 Å². The first-order chi connectivity index (χ1) is 12.7. The standard InChI is InChI=1S/C19H19NO5S/c21-12-16-15(11-17(24-16)26-14-9-5-2-6-10-14)25-19(23)20-18(22)13-7-3-1-4-8-13/h1-10,15-17,21H,11-12H2,(H,20,22,23)/t15-,16+,17?/m0/s1. The molecule has 0 saturated carbocycles. The average Bonchev–Trinajstić information content (AvgIpc) is 3.04. The number of benzene rings is 2. The van der Waals surface area contributed by atoms with E-state index in [1.807, 2.05) is 30.3 Å². The zero-order chi connectivity index (χ0) is 18.4. The third-order valence-electron chi connectivity index (χ3n) is 3.87. The highest BCUT2D eigenvalue weighted by atomic mass is 32.2. The Morgan fingerprint density at radius 3 is 2.42 bits per heavy atom. The van der Waals surface area contributed by atoms with Gasteiger partial charge in [-0.15, -0.1) is 0 Å². The summed E-state index contributed by atoms with van der Waals surface area (Å²) in [6, 6.07) is 18.1. The monoisotopic (exact) mass is 373 g/mol. The lowest BCUT2D eigenvalue weighted by Gasteiger charge is -2.16. The molecule has 2 aromatic rings. The fourth-order valence-corrected chi connectivity index (χ4v) is 3.71. The van der Waals surface area contributed by atoms with Gasteiger partial charge in [0.05, 0.1) is 6.61 Å². The van der Waals surface area contributed by atoms with Gasteiger partial charge in [-0.25, -0.2) is 4.79 Å². The van der Waals surface area contributed by atoms with Crippen molar-refractivity contribution in [2.24, 2.45) is 0 Å². The van der Waals surface area contributed by atoms with Crippen LogP contribution in [-0.2, 0) is 9.47 Å². The number of hydrogen-bond donors (Lipinski definition) is 2. The molecule has 2 amide bonds. The summed E-state index contributed by atoms with van der Waals surface area (Å²) in [5.41, 5.74) is 0.125. The number of amides is 2. The molecular weight excluding hydrogens is 354 g/mol. The highest BCUT2D eigenvalue weighted by Gasteiger charge is 2.38. The number of rotatable bonds is 5.